The van der Waals surface area contributed by atoms with E-state index in [0.717, 1.165) is 5.69 Å². The molecule has 0 fully saturated rings. The van der Waals surface area contributed by atoms with Crippen molar-refractivity contribution in [2.24, 2.45) is 0 Å². The highest BCUT2D eigenvalue weighted by Crippen LogP contribution is 2.29. The number of hydrogen-bond donors (Lipinski definition) is 0. The molecule has 1 aliphatic heterocycles. The van der Waals surface area contributed by atoms with Crippen molar-refractivity contribution in [3.8, 4) is 0 Å². The van der Waals surface area contributed by atoms with Gasteiger partial charge in [-0.25, -0.2) is 9.59 Å². The summed E-state index contributed by atoms with van der Waals surface area (Å²) in [6, 6.07) is 9.36. The van der Waals surface area contributed by atoms with Crippen LogP contribution in [0.15, 0.2) is 41.9 Å². The molecule has 5 heteroatoms. The van der Waals surface area contributed by atoms with Gasteiger partial charge in [0.2, 0.25) is 0 Å². The van der Waals surface area contributed by atoms with Crippen molar-refractivity contribution in [1.82, 2.24) is 0 Å². The lowest BCUT2D eigenvalue weighted by atomic mass is 10.2. The Morgan fingerprint density at radius 1 is 1.18 bits per heavy atom. The maximum Gasteiger partial charge on any atom is 0.356 e. The fourth-order valence-corrected chi connectivity index (χ4v) is 2.75. The Balaban J connectivity index is 2.15. The molecule has 1 amide bonds. The Labute approximate surface area is 102 Å². The Bertz CT molecular complexity index is 592. The van der Waals surface area contributed by atoms with Gasteiger partial charge in [-0.2, -0.15) is 9.47 Å². The van der Waals surface area contributed by atoms with E-state index in [0.29, 0.717) is 5.13 Å². The molecule has 84 valence electrons. The summed E-state index contributed by atoms with van der Waals surface area (Å²) < 4.78 is 1.53. The Kier molecular flexibility index (Phi) is 2.26. The SMILES string of the molecule is O=C1CC(=O)[n+]2ccsc2N1c1ccccc1. The normalized spacial score (nSPS) is 14.9. The molecule has 0 saturated heterocycles. The number of nitrogens with zero attached hydrogens (tertiary/aromatic N) is 2. The van der Waals surface area contributed by atoms with E-state index in [2.05, 4.69) is 0 Å². The number of anilines is 2. The van der Waals surface area contributed by atoms with E-state index in [1.54, 1.807) is 11.1 Å². The van der Waals surface area contributed by atoms with Crippen LogP contribution in [0.3, 0.4) is 0 Å². The van der Waals surface area contributed by atoms with Gasteiger partial charge in [0, 0.05) is 5.38 Å². The highest BCUT2D eigenvalue weighted by Gasteiger charge is 2.40. The minimum absolute atomic E-state index is 0.0801. The first kappa shape index (κ1) is 10.2. The monoisotopic (exact) mass is 245 g/mol. The fraction of sp³-hybridized carbons (Fsp3) is 0.0833. The zero-order chi connectivity index (χ0) is 11.8. The van der Waals surface area contributed by atoms with Crippen LogP contribution in [0.5, 0.6) is 0 Å². The third-order valence-corrected chi connectivity index (χ3v) is 3.46. The van der Waals surface area contributed by atoms with Crippen LogP contribution in [-0.2, 0) is 4.79 Å². The lowest BCUT2D eigenvalue weighted by Gasteiger charge is -2.17. The molecule has 0 atom stereocenters. The molecule has 1 aromatic heterocycles. The molecule has 0 N–H and O–H groups in total. The van der Waals surface area contributed by atoms with Gasteiger partial charge in [-0.05, 0) is 12.1 Å². The molecule has 0 unspecified atom stereocenters. The van der Waals surface area contributed by atoms with Crippen molar-refractivity contribution in [3.05, 3.63) is 41.9 Å². The topological polar surface area (TPSA) is 41.3 Å². The first-order chi connectivity index (χ1) is 8.27. The first-order valence-electron chi connectivity index (χ1n) is 5.18. The lowest BCUT2D eigenvalue weighted by molar-refractivity contribution is -0.557. The Morgan fingerprint density at radius 2 is 1.94 bits per heavy atom. The molecule has 0 saturated carbocycles. The number of carbonyl (C=O) groups is 2. The average molecular weight is 245 g/mol. The van der Waals surface area contributed by atoms with Gasteiger partial charge < -0.3 is 0 Å². The third kappa shape index (κ3) is 1.55. The minimum atomic E-state index is -0.177. The van der Waals surface area contributed by atoms with E-state index in [1.165, 1.54) is 15.9 Å². The maximum absolute atomic E-state index is 12.0. The molecule has 1 aromatic carbocycles. The summed E-state index contributed by atoms with van der Waals surface area (Å²) in [7, 11) is 0. The summed E-state index contributed by atoms with van der Waals surface area (Å²) in [5.74, 6) is -0.345. The van der Waals surface area contributed by atoms with Gasteiger partial charge >= 0.3 is 16.9 Å². The van der Waals surface area contributed by atoms with E-state index < -0.39 is 0 Å². The van der Waals surface area contributed by atoms with Crippen molar-refractivity contribution < 1.29 is 14.2 Å². The zero-order valence-electron chi connectivity index (χ0n) is 8.87. The Hall–Kier alpha value is -2.01. The van der Waals surface area contributed by atoms with Crippen LogP contribution < -0.4 is 9.47 Å². The number of benzene rings is 1. The van der Waals surface area contributed by atoms with Crippen LogP contribution in [0.1, 0.15) is 11.2 Å². The largest absolute Gasteiger partial charge is 0.356 e. The number of para-hydroxylation sites is 1. The summed E-state index contributed by atoms with van der Waals surface area (Å²) >= 11 is 1.38. The van der Waals surface area contributed by atoms with Crippen LogP contribution in [0.2, 0.25) is 0 Å². The Morgan fingerprint density at radius 3 is 2.71 bits per heavy atom. The van der Waals surface area contributed by atoms with E-state index in [1.807, 2.05) is 35.7 Å². The molecule has 3 rings (SSSR count). The summed E-state index contributed by atoms with van der Waals surface area (Å²) in [4.78, 5) is 25.2. The van der Waals surface area contributed by atoms with Gasteiger partial charge in [-0.3, -0.25) is 0 Å². The minimum Gasteiger partial charge on any atom is -0.246 e. The van der Waals surface area contributed by atoms with Crippen LogP contribution in [-0.4, -0.2) is 11.8 Å². The summed E-state index contributed by atoms with van der Waals surface area (Å²) in [6.45, 7) is 0. The van der Waals surface area contributed by atoms with Gasteiger partial charge in [0.05, 0.1) is 0 Å². The summed E-state index contributed by atoms with van der Waals surface area (Å²) in [5, 5.41) is 2.46. The molecular weight excluding hydrogens is 236 g/mol. The first-order valence-corrected chi connectivity index (χ1v) is 6.06. The number of carbonyl (C=O) groups excluding carboxylic acids is 2. The second kappa shape index (κ2) is 3.78. The molecule has 0 spiro atoms. The second-order valence-electron chi connectivity index (χ2n) is 3.69. The van der Waals surface area contributed by atoms with Crippen LogP contribution >= 0.6 is 11.3 Å². The highest BCUT2D eigenvalue weighted by molar-refractivity contribution is 7.13. The molecule has 0 bridgehead atoms. The third-order valence-electron chi connectivity index (χ3n) is 2.62. The quantitative estimate of drug-likeness (QED) is 0.567. The molecule has 0 radical (unpaired) electrons. The summed E-state index contributed by atoms with van der Waals surface area (Å²) in [5.41, 5.74) is 0.793. The van der Waals surface area contributed by atoms with Gasteiger partial charge in [0.25, 0.3) is 0 Å². The molecular formula is C12H9N2O2S+. The smallest absolute Gasteiger partial charge is 0.246 e. The van der Waals surface area contributed by atoms with Gasteiger partial charge in [-0.1, -0.05) is 29.5 Å². The van der Waals surface area contributed by atoms with Crippen molar-refractivity contribution in [1.29, 1.82) is 0 Å². The molecule has 4 nitrogen and oxygen atoms in total. The van der Waals surface area contributed by atoms with E-state index in [4.69, 9.17) is 0 Å². The van der Waals surface area contributed by atoms with E-state index in [9.17, 15) is 9.59 Å². The van der Waals surface area contributed by atoms with Crippen LogP contribution in [0.25, 0.3) is 0 Å². The summed E-state index contributed by atoms with van der Waals surface area (Å²) in [6.07, 6.45) is 1.62. The van der Waals surface area contributed by atoms with Crippen molar-refractivity contribution in [2.75, 3.05) is 4.90 Å². The molecule has 2 heterocycles. The standard InChI is InChI=1S/C12H9N2O2S/c15-10-8-11(16)14(9-4-2-1-3-5-9)12-13(10)6-7-17-12/h1-7H,8H2/q+1. The number of fused-ring (bicyclic) bond motifs is 1. The van der Waals surface area contributed by atoms with Gasteiger partial charge in [0.15, 0.2) is 6.42 Å². The highest BCUT2D eigenvalue weighted by atomic mass is 32.1. The predicted molar refractivity (Wildman–Crippen MR) is 63.3 cm³/mol. The van der Waals surface area contributed by atoms with Gasteiger partial charge in [0.1, 0.15) is 11.9 Å². The molecule has 17 heavy (non-hydrogen) atoms. The predicted octanol–water partition coefficient (Wildman–Crippen LogP) is 1.74. The van der Waals surface area contributed by atoms with Crippen molar-refractivity contribution >= 4 is 34.0 Å². The number of thiazole rings is 1. The van der Waals surface area contributed by atoms with Crippen LogP contribution in [0, 0.1) is 0 Å². The fourth-order valence-electron chi connectivity index (χ4n) is 1.85. The zero-order valence-corrected chi connectivity index (χ0v) is 9.68. The number of hydrogen-bond acceptors (Lipinski definition) is 3. The number of amides is 1. The second-order valence-corrected chi connectivity index (χ2v) is 4.56. The number of aromatic nitrogens is 1. The van der Waals surface area contributed by atoms with Crippen molar-refractivity contribution in [3.63, 3.8) is 0 Å². The van der Waals surface area contributed by atoms with E-state index in [-0.39, 0.29) is 18.2 Å². The van der Waals surface area contributed by atoms with E-state index >= 15 is 0 Å². The lowest BCUT2D eigenvalue weighted by Crippen LogP contribution is -2.52. The molecule has 2 aromatic rings. The molecule has 1 aliphatic rings. The maximum atomic E-state index is 12.0. The average Bonchev–Trinajstić information content (AvgIpc) is 2.79. The molecule has 0 aliphatic carbocycles. The number of rotatable bonds is 1. The van der Waals surface area contributed by atoms with Crippen LogP contribution in [0.4, 0.5) is 10.8 Å². The van der Waals surface area contributed by atoms with Crippen molar-refractivity contribution in [2.45, 2.75) is 6.42 Å². The van der Waals surface area contributed by atoms with Gasteiger partial charge in [-0.15, -0.1) is 0 Å².